The highest BCUT2D eigenvalue weighted by atomic mass is 16.8. The summed E-state index contributed by atoms with van der Waals surface area (Å²) in [6, 6.07) is 0. The van der Waals surface area contributed by atoms with E-state index in [0.717, 1.165) is 51.4 Å². The zero-order valence-corrected chi connectivity index (χ0v) is 53.9. The Balaban J connectivity index is 0.804. The van der Waals surface area contributed by atoms with Crippen LogP contribution in [0, 0.1) is 52.3 Å². The zero-order valence-electron chi connectivity index (χ0n) is 53.9. The van der Waals surface area contributed by atoms with Crippen LogP contribution >= 0.6 is 0 Å². The Morgan fingerprint density at radius 3 is 1.44 bits per heavy atom. The van der Waals surface area contributed by atoms with Crippen molar-refractivity contribution in [1.29, 1.82) is 0 Å². The highest BCUT2D eigenvalue weighted by molar-refractivity contribution is 5.16. The minimum Gasteiger partial charge on any atom is -0.394 e. The van der Waals surface area contributed by atoms with E-state index in [1.54, 1.807) is 0 Å². The third-order valence-corrected chi connectivity index (χ3v) is 24.5. The van der Waals surface area contributed by atoms with Crippen LogP contribution in [0.2, 0.25) is 0 Å². The summed E-state index contributed by atoms with van der Waals surface area (Å²) in [7, 11) is 0. The predicted molar refractivity (Wildman–Crippen MR) is 311 cm³/mol. The minimum atomic E-state index is -2.24. The lowest BCUT2D eigenvalue weighted by Crippen LogP contribution is -2.69. The first-order chi connectivity index (χ1) is 44.6. The van der Waals surface area contributed by atoms with Gasteiger partial charge in [0.2, 0.25) is 0 Å². The molecule has 0 aromatic rings. The minimum absolute atomic E-state index is 0.0631. The van der Waals surface area contributed by atoms with E-state index in [0.29, 0.717) is 49.0 Å². The summed E-state index contributed by atoms with van der Waals surface area (Å²) >= 11 is 0. The van der Waals surface area contributed by atoms with Gasteiger partial charge in [-0.2, -0.15) is 0 Å². The quantitative estimate of drug-likeness (QED) is 0.0642. The number of aliphatic hydroxyl groups excluding tert-OH is 17. The number of ether oxygens (including phenoxy) is 14. The predicted octanol–water partition coefficient (Wildman–Crippen LogP) is -5.21. The SMILES string of the molecule is CC1CCC2(OC1)OC1CC3C4CCC5CC(OC6OC(CO)C(OC7OC(C)C(O)C(O)C7O)C(O)C6OC6OC(CO)C(OC7OC(C)C(O)C(O)C7O)C(OC7OC(CO)C(OC8OC(CO)C(O)C(O)C8O)C(O)C7O)C6O)CCC5(C)C4CCC3(C)C1C2C. The van der Waals surface area contributed by atoms with Crippen molar-refractivity contribution in [3.05, 3.63) is 0 Å². The lowest BCUT2D eigenvalue weighted by Gasteiger charge is -2.61. The van der Waals surface area contributed by atoms with Crippen LogP contribution in [-0.2, 0) is 66.3 Å². The van der Waals surface area contributed by atoms with Gasteiger partial charge in [-0.15, -0.1) is 0 Å². The summed E-state index contributed by atoms with van der Waals surface area (Å²) in [6.07, 6.45) is -45.7. The molecule has 542 valence electrons. The fourth-order valence-electron chi connectivity index (χ4n) is 19.0. The van der Waals surface area contributed by atoms with E-state index in [2.05, 4.69) is 27.7 Å². The molecule has 0 aromatic carbocycles. The third kappa shape index (κ3) is 12.8. The van der Waals surface area contributed by atoms with E-state index in [1.807, 2.05) is 0 Å². The molecule has 4 aliphatic carbocycles. The molecule has 0 amide bonds. The van der Waals surface area contributed by atoms with Gasteiger partial charge in [0, 0.05) is 12.3 Å². The molecule has 12 aliphatic rings. The van der Waals surface area contributed by atoms with Gasteiger partial charge in [0.1, 0.15) is 134 Å². The Morgan fingerprint density at radius 2 is 0.862 bits per heavy atom. The van der Waals surface area contributed by atoms with E-state index >= 15 is 0 Å². The molecular formula is C63H104O31. The summed E-state index contributed by atoms with van der Waals surface area (Å²) in [4.78, 5) is 0. The van der Waals surface area contributed by atoms with Gasteiger partial charge in [-0.1, -0.05) is 27.7 Å². The van der Waals surface area contributed by atoms with Crippen LogP contribution in [-0.4, -0.2) is 322 Å². The topological polar surface area (TPSA) is 473 Å². The number of fused-ring (bicyclic) bond motifs is 7. The normalized spacial score (nSPS) is 57.8. The molecule has 42 unspecified atom stereocenters. The van der Waals surface area contributed by atoms with Gasteiger partial charge >= 0.3 is 0 Å². The maximum absolute atomic E-state index is 12.7. The second kappa shape index (κ2) is 28.5. The first kappa shape index (κ1) is 72.5. The van der Waals surface area contributed by atoms with Crippen LogP contribution in [0.1, 0.15) is 106 Å². The van der Waals surface area contributed by atoms with Crippen LogP contribution in [0.15, 0.2) is 0 Å². The molecule has 1 spiro atoms. The fraction of sp³-hybridized carbons (Fsp3) is 1.00. The average molecular weight is 1360 g/mol. The van der Waals surface area contributed by atoms with E-state index in [9.17, 15) is 86.8 Å². The second-order valence-electron chi connectivity index (χ2n) is 29.9. The maximum Gasteiger partial charge on any atom is 0.187 e. The van der Waals surface area contributed by atoms with E-state index in [-0.39, 0.29) is 28.8 Å². The van der Waals surface area contributed by atoms with Gasteiger partial charge in [-0.3, -0.25) is 0 Å². The smallest absolute Gasteiger partial charge is 0.187 e. The molecule has 0 bridgehead atoms. The van der Waals surface area contributed by atoms with Crippen molar-refractivity contribution in [1.82, 2.24) is 0 Å². The van der Waals surface area contributed by atoms with Gasteiger partial charge in [-0.05, 0) is 118 Å². The molecule has 17 N–H and O–H groups in total. The number of rotatable bonds is 16. The monoisotopic (exact) mass is 1360 g/mol. The Labute approximate surface area is 544 Å². The highest BCUT2D eigenvalue weighted by Gasteiger charge is 2.70. The lowest BCUT2D eigenvalue weighted by molar-refractivity contribution is -0.412. The Kier molecular flexibility index (Phi) is 22.0. The Hall–Kier alpha value is -1.24. The van der Waals surface area contributed by atoms with E-state index in [4.69, 9.17) is 66.3 Å². The van der Waals surface area contributed by atoms with E-state index in [1.165, 1.54) is 13.8 Å². The molecule has 31 heteroatoms. The molecule has 12 fully saturated rings. The molecule has 8 aliphatic heterocycles. The molecule has 0 radical (unpaired) electrons. The lowest BCUT2D eigenvalue weighted by atomic mass is 9.44. The Bertz CT molecular complexity index is 2490. The van der Waals surface area contributed by atoms with Gasteiger partial charge in [0.05, 0.1) is 57.5 Å². The van der Waals surface area contributed by atoms with Crippen molar-refractivity contribution in [2.75, 3.05) is 33.0 Å². The van der Waals surface area contributed by atoms with E-state index < -0.39 is 223 Å². The van der Waals surface area contributed by atoms with Crippen molar-refractivity contribution < 1.29 is 153 Å². The van der Waals surface area contributed by atoms with Crippen molar-refractivity contribution >= 4 is 0 Å². The van der Waals surface area contributed by atoms with Crippen LogP contribution in [0.3, 0.4) is 0 Å². The molecule has 8 saturated heterocycles. The highest BCUT2D eigenvalue weighted by Crippen LogP contribution is 2.71. The summed E-state index contributed by atoms with van der Waals surface area (Å²) in [5.74, 6) is 2.28. The zero-order chi connectivity index (χ0) is 67.5. The second-order valence-corrected chi connectivity index (χ2v) is 29.9. The average Bonchev–Trinajstić information content (AvgIpc) is 1.50. The third-order valence-electron chi connectivity index (χ3n) is 24.5. The molecule has 0 aromatic heterocycles. The maximum atomic E-state index is 12.7. The van der Waals surface area contributed by atoms with Crippen LogP contribution in [0.25, 0.3) is 0 Å². The van der Waals surface area contributed by atoms with Crippen molar-refractivity contribution in [3.63, 3.8) is 0 Å². The summed E-state index contributed by atoms with van der Waals surface area (Å²) in [5.41, 5.74) is 0.0422. The van der Waals surface area contributed by atoms with Gasteiger partial charge in [0.15, 0.2) is 43.5 Å². The molecule has 94 heavy (non-hydrogen) atoms. The molecule has 42 atom stereocenters. The molecule has 8 heterocycles. The molecule has 4 saturated carbocycles. The van der Waals surface area contributed by atoms with Crippen LogP contribution in [0.5, 0.6) is 0 Å². The number of aliphatic hydroxyl groups is 17. The fourth-order valence-corrected chi connectivity index (χ4v) is 19.0. The van der Waals surface area contributed by atoms with Crippen molar-refractivity contribution in [2.24, 2.45) is 52.3 Å². The summed E-state index contributed by atoms with van der Waals surface area (Å²) < 4.78 is 87.1. The summed E-state index contributed by atoms with van der Waals surface area (Å²) in [5, 5.41) is 188. The van der Waals surface area contributed by atoms with Crippen LogP contribution in [0.4, 0.5) is 0 Å². The molecule has 31 nitrogen and oxygen atoms in total. The standard InChI is InChI=1S/C63H104O31/c1-22-9-14-63(81-21-22)23(2)36-31(94-63)16-30-28-8-7-26-15-27(10-12-61(26,5)29(28)11-13-62(30,36)6)84-60-54(48(79)51(34(19-66)88-60)90-55-44(75)40(71)37(68)24(3)82-55)93-59-49(80)53(52(35(20-67)87-59)91-56-45(76)41(72)38(69)25(4)83-56)92-58-47(78)43(74)50(33(18-65)86-58)89-57-46(77)42(73)39(70)32(17-64)85-57/h22-60,64-80H,7-21H2,1-6H3. The summed E-state index contributed by atoms with van der Waals surface area (Å²) in [6.45, 7) is 9.25. The van der Waals surface area contributed by atoms with Crippen molar-refractivity contribution in [2.45, 2.75) is 308 Å². The Morgan fingerprint density at radius 1 is 0.383 bits per heavy atom. The first-order valence-electron chi connectivity index (χ1n) is 34.1. The first-order valence-corrected chi connectivity index (χ1v) is 34.1. The molecule has 12 rings (SSSR count). The van der Waals surface area contributed by atoms with Crippen LogP contribution < -0.4 is 0 Å². The van der Waals surface area contributed by atoms with Gasteiger partial charge in [0.25, 0.3) is 0 Å². The number of hydrogen-bond acceptors (Lipinski definition) is 31. The number of hydrogen-bond donors (Lipinski definition) is 17. The van der Waals surface area contributed by atoms with Gasteiger partial charge < -0.3 is 153 Å². The molecular weight excluding hydrogens is 1250 g/mol. The largest absolute Gasteiger partial charge is 0.394 e. The van der Waals surface area contributed by atoms with Gasteiger partial charge in [-0.25, -0.2) is 0 Å². The van der Waals surface area contributed by atoms with Crippen molar-refractivity contribution in [3.8, 4) is 0 Å².